The van der Waals surface area contributed by atoms with Crippen molar-refractivity contribution in [3.05, 3.63) is 30.1 Å². The molecule has 0 fully saturated rings. The lowest BCUT2D eigenvalue weighted by Gasteiger charge is -2.04. The summed E-state index contributed by atoms with van der Waals surface area (Å²) in [6, 6.07) is 5.62. The highest BCUT2D eigenvalue weighted by molar-refractivity contribution is 5.68. The van der Waals surface area contributed by atoms with Crippen LogP contribution < -0.4 is 0 Å². The van der Waals surface area contributed by atoms with E-state index in [1.165, 1.54) is 0 Å². The molecule has 2 aromatic rings. The van der Waals surface area contributed by atoms with Gasteiger partial charge in [-0.3, -0.25) is 4.79 Å². The molecule has 0 saturated heterocycles. The van der Waals surface area contributed by atoms with Gasteiger partial charge in [0.15, 0.2) is 0 Å². The normalized spacial score (nSPS) is 12.9. The molecule has 2 heterocycles. The number of hydrogen-bond acceptors (Lipinski definition) is 3. The first kappa shape index (κ1) is 9.64. The van der Waals surface area contributed by atoms with Crippen LogP contribution in [0.2, 0.25) is 0 Å². The molecule has 0 aliphatic heterocycles. The molecule has 0 radical (unpaired) electrons. The van der Waals surface area contributed by atoms with E-state index in [1.807, 2.05) is 25.1 Å². The van der Waals surface area contributed by atoms with Gasteiger partial charge in [-0.15, -0.1) is 5.10 Å². The highest BCUT2D eigenvalue weighted by atomic mass is 16.4. The molecule has 0 saturated carbocycles. The second-order valence-electron chi connectivity index (χ2n) is 3.50. The van der Waals surface area contributed by atoms with Gasteiger partial charge < -0.3 is 5.11 Å². The van der Waals surface area contributed by atoms with Crippen LogP contribution in [0.4, 0.5) is 0 Å². The van der Waals surface area contributed by atoms with Crippen LogP contribution >= 0.6 is 0 Å². The Hall–Kier alpha value is -1.91. The molecule has 0 amide bonds. The Morgan fingerprint density at radius 3 is 3.13 bits per heavy atom. The molecular weight excluding hydrogens is 194 g/mol. The quantitative estimate of drug-likeness (QED) is 0.820. The van der Waals surface area contributed by atoms with E-state index in [1.54, 1.807) is 10.7 Å². The lowest BCUT2D eigenvalue weighted by molar-refractivity contribution is -0.137. The Labute approximate surface area is 86.3 Å². The number of carboxylic acid groups (broad SMARTS) is 1. The van der Waals surface area contributed by atoms with E-state index in [4.69, 9.17) is 5.11 Å². The third-order valence-corrected chi connectivity index (χ3v) is 2.30. The Balaban J connectivity index is 2.39. The third kappa shape index (κ3) is 1.81. The van der Waals surface area contributed by atoms with Gasteiger partial charge in [0.05, 0.1) is 17.6 Å². The molecule has 2 aromatic heterocycles. The summed E-state index contributed by atoms with van der Waals surface area (Å²) in [4.78, 5) is 10.6. The summed E-state index contributed by atoms with van der Waals surface area (Å²) in [5.41, 5.74) is 1.60. The monoisotopic (exact) mass is 205 g/mol. The summed E-state index contributed by atoms with van der Waals surface area (Å²) in [6.45, 7) is 1.84. The topological polar surface area (TPSA) is 67.5 Å². The van der Waals surface area contributed by atoms with Crippen molar-refractivity contribution in [2.24, 2.45) is 0 Å². The van der Waals surface area contributed by atoms with Crippen LogP contribution in [0.15, 0.2) is 24.4 Å². The van der Waals surface area contributed by atoms with E-state index < -0.39 is 5.97 Å². The summed E-state index contributed by atoms with van der Waals surface area (Å²) in [6.07, 6.45) is 1.86. The van der Waals surface area contributed by atoms with Crippen LogP contribution in [0.3, 0.4) is 0 Å². The minimum absolute atomic E-state index is 0.0727. The van der Waals surface area contributed by atoms with Crippen LogP contribution in [-0.2, 0) is 4.79 Å². The lowest BCUT2D eigenvalue weighted by Crippen LogP contribution is -2.03. The SMILES string of the molecule is CC(CC(=O)O)c1nnn2ccccc12. The molecule has 2 rings (SSSR count). The second-order valence-corrected chi connectivity index (χ2v) is 3.50. The summed E-state index contributed by atoms with van der Waals surface area (Å²) in [7, 11) is 0. The number of rotatable bonds is 3. The Kier molecular flexibility index (Phi) is 2.37. The largest absolute Gasteiger partial charge is 0.481 e. The lowest BCUT2D eigenvalue weighted by atomic mass is 10.0. The number of carboxylic acids is 1. The predicted octanol–water partition coefficient (Wildman–Crippen LogP) is 1.31. The van der Waals surface area contributed by atoms with Crippen molar-refractivity contribution in [3.63, 3.8) is 0 Å². The van der Waals surface area contributed by atoms with Gasteiger partial charge in [0.2, 0.25) is 0 Å². The maximum Gasteiger partial charge on any atom is 0.304 e. The maximum absolute atomic E-state index is 10.6. The zero-order chi connectivity index (χ0) is 10.8. The zero-order valence-electron chi connectivity index (χ0n) is 8.29. The summed E-state index contributed by atoms with van der Waals surface area (Å²) in [5.74, 6) is -0.943. The summed E-state index contributed by atoms with van der Waals surface area (Å²) < 4.78 is 1.65. The zero-order valence-corrected chi connectivity index (χ0v) is 8.29. The molecule has 1 unspecified atom stereocenters. The van der Waals surface area contributed by atoms with Crippen LogP contribution in [-0.4, -0.2) is 25.9 Å². The second kappa shape index (κ2) is 3.68. The maximum atomic E-state index is 10.6. The van der Waals surface area contributed by atoms with Gasteiger partial charge in [-0.1, -0.05) is 18.2 Å². The van der Waals surface area contributed by atoms with E-state index in [0.717, 1.165) is 11.2 Å². The molecule has 0 bridgehead atoms. The number of hydrogen-bond donors (Lipinski definition) is 1. The van der Waals surface area contributed by atoms with Gasteiger partial charge in [0.1, 0.15) is 0 Å². The van der Waals surface area contributed by atoms with Gasteiger partial charge in [-0.25, -0.2) is 4.52 Å². The van der Waals surface area contributed by atoms with Crippen molar-refractivity contribution in [2.45, 2.75) is 19.3 Å². The molecule has 0 spiro atoms. The van der Waals surface area contributed by atoms with Gasteiger partial charge in [-0.2, -0.15) is 0 Å². The number of aromatic nitrogens is 3. The summed E-state index contributed by atoms with van der Waals surface area (Å²) >= 11 is 0. The first-order chi connectivity index (χ1) is 7.18. The van der Waals surface area contributed by atoms with Crippen molar-refractivity contribution in [2.75, 3.05) is 0 Å². The number of pyridine rings is 1. The molecule has 5 nitrogen and oxygen atoms in total. The van der Waals surface area contributed by atoms with Gasteiger partial charge >= 0.3 is 5.97 Å². The molecule has 78 valence electrons. The molecule has 1 atom stereocenters. The highest BCUT2D eigenvalue weighted by Crippen LogP contribution is 2.20. The molecule has 0 aliphatic carbocycles. The molecular formula is C10H11N3O2. The fourth-order valence-electron chi connectivity index (χ4n) is 1.57. The minimum atomic E-state index is -0.820. The van der Waals surface area contributed by atoms with Crippen LogP contribution in [0, 0.1) is 0 Å². The average molecular weight is 205 g/mol. The van der Waals surface area contributed by atoms with Gasteiger partial charge in [0.25, 0.3) is 0 Å². The van der Waals surface area contributed by atoms with Crippen LogP contribution in [0.25, 0.3) is 5.52 Å². The molecule has 15 heavy (non-hydrogen) atoms. The smallest absolute Gasteiger partial charge is 0.304 e. The fourth-order valence-corrected chi connectivity index (χ4v) is 1.57. The Morgan fingerprint density at radius 1 is 1.60 bits per heavy atom. The highest BCUT2D eigenvalue weighted by Gasteiger charge is 2.16. The molecule has 1 N–H and O–H groups in total. The predicted molar refractivity (Wildman–Crippen MR) is 53.7 cm³/mol. The molecule has 5 heteroatoms. The van der Waals surface area contributed by atoms with E-state index >= 15 is 0 Å². The average Bonchev–Trinajstić information content (AvgIpc) is 2.59. The van der Waals surface area contributed by atoms with Crippen molar-refractivity contribution < 1.29 is 9.90 Å². The molecule has 0 aromatic carbocycles. The van der Waals surface area contributed by atoms with E-state index in [0.29, 0.717) is 0 Å². The Morgan fingerprint density at radius 2 is 2.40 bits per heavy atom. The van der Waals surface area contributed by atoms with E-state index in [9.17, 15) is 4.79 Å². The van der Waals surface area contributed by atoms with E-state index in [-0.39, 0.29) is 12.3 Å². The van der Waals surface area contributed by atoms with Crippen molar-refractivity contribution in [1.29, 1.82) is 0 Å². The fraction of sp³-hybridized carbons (Fsp3) is 0.300. The third-order valence-electron chi connectivity index (χ3n) is 2.30. The van der Waals surface area contributed by atoms with E-state index in [2.05, 4.69) is 10.3 Å². The van der Waals surface area contributed by atoms with Crippen LogP contribution in [0.1, 0.15) is 25.0 Å². The van der Waals surface area contributed by atoms with Gasteiger partial charge in [0, 0.05) is 12.1 Å². The molecule has 0 aliphatic rings. The number of aliphatic carboxylic acids is 1. The number of fused-ring (bicyclic) bond motifs is 1. The van der Waals surface area contributed by atoms with Crippen molar-refractivity contribution >= 4 is 11.5 Å². The first-order valence-electron chi connectivity index (χ1n) is 4.70. The number of nitrogens with zero attached hydrogens (tertiary/aromatic N) is 3. The van der Waals surface area contributed by atoms with Crippen molar-refractivity contribution in [3.8, 4) is 0 Å². The van der Waals surface area contributed by atoms with Crippen molar-refractivity contribution in [1.82, 2.24) is 14.8 Å². The summed E-state index contributed by atoms with van der Waals surface area (Å²) in [5, 5.41) is 16.6. The number of carbonyl (C=O) groups is 1. The minimum Gasteiger partial charge on any atom is -0.481 e. The standard InChI is InChI=1S/C10H11N3O2/c1-7(6-9(14)15)10-8-4-2-3-5-13(8)12-11-10/h2-5,7H,6H2,1H3,(H,14,15). The Bertz CT molecular complexity index is 492. The van der Waals surface area contributed by atoms with Gasteiger partial charge in [-0.05, 0) is 12.1 Å². The first-order valence-corrected chi connectivity index (χ1v) is 4.70. The van der Waals surface area contributed by atoms with Crippen LogP contribution in [0.5, 0.6) is 0 Å².